The first kappa shape index (κ1) is 16.8. The average Bonchev–Trinajstić information content (AvgIpc) is 3.21. The highest BCUT2D eigenvalue weighted by Crippen LogP contribution is 2.34. The van der Waals surface area contributed by atoms with Crippen LogP contribution in [0.25, 0.3) is 16.5 Å². The quantitative estimate of drug-likeness (QED) is 0.730. The van der Waals surface area contributed by atoms with Crippen LogP contribution >= 0.6 is 0 Å². The Morgan fingerprint density at radius 3 is 2.69 bits per heavy atom. The molecule has 4 rings (SSSR count). The lowest BCUT2D eigenvalue weighted by Crippen LogP contribution is -2.37. The van der Waals surface area contributed by atoms with E-state index in [9.17, 15) is 5.11 Å². The summed E-state index contributed by atoms with van der Waals surface area (Å²) in [6.07, 6.45) is 3.59. The smallest absolute Gasteiger partial charge is 0.146 e. The maximum Gasteiger partial charge on any atom is 0.146 e. The number of aliphatic hydroxyl groups excluding tert-OH is 1. The molecule has 0 spiro atoms. The summed E-state index contributed by atoms with van der Waals surface area (Å²) in [5, 5.41) is 17.7. The fourth-order valence-electron chi connectivity index (χ4n) is 3.37. The number of aliphatic hydroxyl groups is 1. The highest BCUT2D eigenvalue weighted by Gasteiger charge is 2.36. The SMILES string of the molecule is CC1(/C(O)=C(/Cc2cccc3ccccc23)n2cncn2)COCOC1. The van der Waals surface area contributed by atoms with Gasteiger partial charge in [0.25, 0.3) is 0 Å². The van der Waals surface area contributed by atoms with Crippen LogP contribution in [-0.4, -0.2) is 39.9 Å². The van der Waals surface area contributed by atoms with Crippen molar-refractivity contribution in [2.75, 3.05) is 20.0 Å². The van der Waals surface area contributed by atoms with Gasteiger partial charge in [-0.1, -0.05) is 42.5 Å². The first-order valence-corrected chi connectivity index (χ1v) is 8.57. The zero-order valence-corrected chi connectivity index (χ0v) is 14.6. The molecule has 0 saturated carbocycles. The molecule has 1 saturated heterocycles. The molecule has 1 aliphatic rings. The molecular weight excluding hydrogens is 330 g/mol. The summed E-state index contributed by atoms with van der Waals surface area (Å²) in [6.45, 7) is 2.98. The van der Waals surface area contributed by atoms with Gasteiger partial charge in [-0.2, -0.15) is 5.10 Å². The van der Waals surface area contributed by atoms with Crippen LogP contribution in [0.2, 0.25) is 0 Å². The van der Waals surface area contributed by atoms with Crippen molar-refractivity contribution in [3.05, 3.63) is 66.4 Å². The van der Waals surface area contributed by atoms with E-state index in [1.165, 1.54) is 6.33 Å². The first-order valence-electron chi connectivity index (χ1n) is 8.57. The molecular formula is C20H21N3O3. The fourth-order valence-corrected chi connectivity index (χ4v) is 3.37. The van der Waals surface area contributed by atoms with Crippen LogP contribution in [0.15, 0.2) is 60.9 Å². The monoisotopic (exact) mass is 351 g/mol. The van der Waals surface area contributed by atoms with Gasteiger partial charge in [-0.3, -0.25) is 0 Å². The molecule has 134 valence electrons. The van der Waals surface area contributed by atoms with Crippen molar-refractivity contribution in [1.82, 2.24) is 14.8 Å². The summed E-state index contributed by atoms with van der Waals surface area (Å²) < 4.78 is 12.5. The molecule has 26 heavy (non-hydrogen) atoms. The second kappa shape index (κ2) is 6.90. The van der Waals surface area contributed by atoms with Crippen LogP contribution in [0, 0.1) is 5.41 Å². The fraction of sp³-hybridized carbons (Fsp3) is 0.300. The molecule has 0 amide bonds. The van der Waals surface area contributed by atoms with Gasteiger partial charge in [-0.05, 0) is 23.3 Å². The number of aromatic nitrogens is 3. The molecule has 3 aromatic rings. The van der Waals surface area contributed by atoms with Crippen molar-refractivity contribution in [3.8, 4) is 0 Å². The molecule has 6 nitrogen and oxygen atoms in total. The molecule has 2 heterocycles. The molecule has 0 bridgehead atoms. The number of hydrogen-bond acceptors (Lipinski definition) is 5. The van der Waals surface area contributed by atoms with Crippen LogP contribution in [-0.2, 0) is 15.9 Å². The Balaban J connectivity index is 1.81. The van der Waals surface area contributed by atoms with Crippen molar-refractivity contribution < 1.29 is 14.6 Å². The summed E-state index contributed by atoms with van der Waals surface area (Å²) in [4.78, 5) is 4.04. The zero-order chi connectivity index (χ0) is 18.0. The standard InChI is InChI=1S/C20H21N3O3/c1-20(10-25-14-26-11-20)19(24)18(23-13-21-12-22-23)9-16-7-4-6-15-5-2-3-8-17(15)16/h2-8,12-13,24H,9-11,14H2,1H3/b19-18+. The molecule has 0 unspecified atom stereocenters. The summed E-state index contributed by atoms with van der Waals surface area (Å²) in [5.74, 6) is 0.218. The van der Waals surface area contributed by atoms with Crippen molar-refractivity contribution in [1.29, 1.82) is 0 Å². The minimum Gasteiger partial charge on any atom is -0.510 e. The predicted molar refractivity (Wildman–Crippen MR) is 98.4 cm³/mol. The second-order valence-electron chi connectivity index (χ2n) is 6.83. The predicted octanol–water partition coefficient (Wildman–Crippen LogP) is 3.41. The molecule has 0 atom stereocenters. The topological polar surface area (TPSA) is 69.4 Å². The van der Waals surface area contributed by atoms with Gasteiger partial charge in [0.05, 0.1) is 24.3 Å². The van der Waals surface area contributed by atoms with Gasteiger partial charge in [0.2, 0.25) is 0 Å². The van der Waals surface area contributed by atoms with Crippen LogP contribution < -0.4 is 0 Å². The van der Waals surface area contributed by atoms with E-state index in [4.69, 9.17) is 9.47 Å². The van der Waals surface area contributed by atoms with Gasteiger partial charge < -0.3 is 14.6 Å². The lowest BCUT2D eigenvalue weighted by atomic mass is 9.87. The van der Waals surface area contributed by atoms with E-state index in [1.807, 2.05) is 25.1 Å². The average molecular weight is 351 g/mol. The Bertz CT molecular complexity index is 923. The molecule has 0 aliphatic carbocycles. The van der Waals surface area contributed by atoms with Gasteiger partial charge in [0.15, 0.2) is 0 Å². The third-order valence-electron chi connectivity index (χ3n) is 4.79. The Hall–Kier alpha value is -2.70. The Labute approximate surface area is 151 Å². The highest BCUT2D eigenvalue weighted by atomic mass is 16.7. The normalized spacial score (nSPS) is 17.9. The largest absolute Gasteiger partial charge is 0.510 e. The third-order valence-corrected chi connectivity index (χ3v) is 4.79. The van der Waals surface area contributed by atoms with Gasteiger partial charge >= 0.3 is 0 Å². The maximum atomic E-state index is 11.1. The van der Waals surface area contributed by atoms with Crippen molar-refractivity contribution in [2.45, 2.75) is 13.3 Å². The lowest BCUT2D eigenvalue weighted by molar-refractivity contribution is -0.155. The maximum absolute atomic E-state index is 11.1. The Morgan fingerprint density at radius 1 is 1.15 bits per heavy atom. The van der Waals surface area contributed by atoms with Crippen molar-refractivity contribution >= 4 is 16.5 Å². The summed E-state index contributed by atoms with van der Waals surface area (Å²) in [5.41, 5.74) is 1.17. The van der Waals surface area contributed by atoms with Crippen LogP contribution in [0.4, 0.5) is 0 Å². The lowest BCUT2D eigenvalue weighted by Gasteiger charge is -2.33. The van der Waals surface area contributed by atoms with E-state index in [-0.39, 0.29) is 12.6 Å². The number of rotatable bonds is 4. The Kier molecular flexibility index (Phi) is 4.44. The second-order valence-corrected chi connectivity index (χ2v) is 6.83. The number of allylic oxidation sites excluding steroid dienone is 1. The zero-order valence-electron chi connectivity index (χ0n) is 14.6. The summed E-state index contributed by atoms with van der Waals surface area (Å²) in [6, 6.07) is 14.4. The summed E-state index contributed by atoms with van der Waals surface area (Å²) >= 11 is 0. The van der Waals surface area contributed by atoms with E-state index < -0.39 is 5.41 Å². The molecule has 1 aliphatic heterocycles. The van der Waals surface area contributed by atoms with Crippen LogP contribution in [0.5, 0.6) is 0 Å². The molecule has 0 radical (unpaired) electrons. The van der Waals surface area contributed by atoms with E-state index in [2.05, 4.69) is 34.3 Å². The number of benzene rings is 2. The van der Waals surface area contributed by atoms with Gasteiger partial charge in [-0.15, -0.1) is 0 Å². The van der Waals surface area contributed by atoms with Crippen molar-refractivity contribution in [2.24, 2.45) is 5.41 Å². The van der Waals surface area contributed by atoms with Gasteiger partial charge in [0, 0.05) is 6.42 Å². The van der Waals surface area contributed by atoms with E-state index in [1.54, 1.807) is 11.0 Å². The minimum absolute atomic E-state index is 0.218. The van der Waals surface area contributed by atoms with Gasteiger partial charge in [-0.25, -0.2) is 9.67 Å². The van der Waals surface area contributed by atoms with E-state index in [0.717, 1.165) is 16.3 Å². The van der Waals surface area contributed by atoms with Crippen LogP contribution in [0.1, 0.15) is 12.5 Å². The molecule has 6 heteroatoms. The first-order chi connectivity index (χ1) is 12.7. The summed E-state index contributed by atoms with van der Waals surface area (Å²) in [7, 11) is 0. The van der Waals surface area contributed by atoms with Crippen molar-refractivity contribution in [3.63, 3.8) is 0 Å². The molecule has 1 aromatic heterocycles. The molecule has 2 aromatic carbocycles. The number of nitrogens with zero attached hydrogens (tertiary/aromatic N) is 3. The third kappa shape index (κ3) is 3.09. The minimum atomic E-state index is -0.621. The van der Waals surface area contributed by atoms with E-state index in [0.29, 0.717) is 25.3 Å². The van der Waals surface area contributed by atoms with Gasteiger partial charge in [0.1, 0.15) is 25.2 Å². The van der Waals surface area contributed by atoms with E-state index >= 15 is 0 Å². The highest BCUT2D eigenvalue weighted by molar-refractivity contribution is 5.86. The molecule has 1 fully saturated rings. The Morgan fingerprint density at radius 2 is 1.92 bits per heavy atom. The van der Waals surface area contributed by atoms with Crippen LogP contribution in [0.3, 0.4) is 0 Å². The number of ether oxygens (including phenoxy) is 2. The number of hydrogen-bond donors (Lipinski definition) is 1. The number of fused-ring (bicyclic) bond motifs is 1. The molecule has 1 N–H and O–H groups in total.